The van der Waals surface area contributed by atoms with Crippen molar-refractivity contribution in [3.8, 4) is 5.69 Å². The molecule has 0 saturated heterocycles. The fourth-order valence-corrected chi connectivity index (χ4v) is 2.35. The number of amides is 1. The molecule has 27 heavy (non-hydrogen) atoms. The van der Waals surface area contributed by atoms with E-state index in [2.05, 4.69) is 15.5 Å². The van der Waals surface area contributed by atoms with Crippen LogP contribution < -0.4 is 10.9 Å². The molecule has 0 saturated carbocycles. The minimum absolute atomic E-state index is 0.0565. The average Bonchev–Trinajstić information content (AvgIpc) is 3.17. The maximum absolute atomic E-state index is 12.7. The Kier molecular flexibility index (Phi) is 5.06. The Labute approximate surface area is 151 Å². The monoisotopic (exact) mass is 377 g/mol. The SMILES string of the molecule is O=C(NCCn1nc(C(F)(F)F)ccc1=O)c1cccc(-n2cccn2)c1. The van der Waals surface area contributed by atoms with Crippen molar-refractivity contribution < 1.29 is 18.0 Å². The van der Waals surface area contributed by atoms with Crippen LogP contribution in [0.1, 0.15) is 16.1 Å². The first kappa shape index (κ1) is 18.4. The highest BCUT2D eigenvalue weighted by atomic mass is 19.4. The Morgan fingerprint density at radius 1 is 1.15 bits per heavy atom. The lowest BCUT2D eigenvalue weighted by Gasteiger charge is -2.10. The van der Waals surface area contributed by atoms with Crippen LogP contribution in [0.5, 0.6) is 0 Å². The fraction of sp³-hybridized carbons (Fsp3) is 0.176. The van der Waals surface area contributed by atoms with Crippen molar-refractivity contribution >= 4 is 5.91 Å². The Morgan fingerprint density at radius 3 is 2.67 bits per heavy atom. The molecule has 3 rings (SSSR count). The number of carbonyl (C=O) groups is 1. The van der Waals surface area contributed by atoms with E-state index in [1.807, 2.05) is 0 Å². The van der Waals surface area contributed by atoms with Crippen molar-refractivity contribution in [3.05, 3.63) is 76.5 Å². The van der Waals surface area contributed by atoms with Crippen molar-refractivity contribution in [1.29, 1.82) is 0 Å². The van der Waals surface area contributed by atoms with Gasteiger partial charge >= 0.3 is 6.18 Å². The van der Waals surface area contributed by atoms with E-state index in [1.165, 1.54) is 0 Å². The Balaban J connectivity index is 1.65. The van der Waals surface area contributed by atoms with Gasteiger partial charge in [0.25, 0.3) is 11.5 Å². The van der Waals surface area contributed by atoms with Crippen molar-refractivity contribution in [3.63, 3.8) is 0 Å². The van der Waals surface area contributed by atoms with Crippen LogP contribution in [0, 0.1) is 0 Å². The van der Waals surface area contributed by atoms with Crippen LogP contribution in [-0.2, 0) is 12.7 Å². The van der Waals surface area contributed by atoms with Crippen LogP contribution >= 0.6 is 0 Å². The Morgan fingerprint density at radius 2 is 1.96 bits per heavy atom. The summed E-state index contributed by atoms with van der Waals surface area (Å²) in [4.78, 5) is 23.9. The fourth-order valence-electron chi connectivity index (χ4n) is 2.35. The number of hydrogen-bond donors (Lipinski definition) is 1. The molecule has 0 aliphatic carbocycles. The second kappa shape index (κ2) is 7.44. The molecule has 0 fully saturated rings. The molecule has 1 N–H and O–H groups in total. The highest BCUT2D eigenvalue weighted by molar-refractivity contribution is 5.94. The number of hydrogen-bond acceptors (Lipinski definition) is 4. The zero-order chi connectivity index (χ0) is 19.4. The van der Waals surface area contributed by atoms with Gasteiger partial charge in [-0.2, -0.15) is 23.4 Å². The maximum atomic E-state index is 12.7. The summed E-state index contributed by atoms with van der Waals surface area (Å²) in [5, 5.41) is 9.91. The summed E-state index contributed by atoms with van der Waals surface area (Å²) in [6.45, 7) is -0.244. The normalized spacial score (nSPS) is 11.4. The first-order chi connectivity index (χ1) is 12.8. The van der Waals surface area contributed by atoms with Gasteiger partial charge in [-0.25, -0.2) is 9.36 Å². The molecule has 2 heterocycles. The Bertz CT molecular complexity index is 996. The van der Waals surface area contributed by atoms with Crippen LogP contribution in [-0.4, -0.2) is 32.0 Å². The van der Waals surface area contributed by atoms with E-state index in [9.17, 15) is 22.8 Å². The number of nitrogens with one attached hydrogen (secondary N) is 1. The molecular weight excluding hydrogens is 363 g/mol. The number of alkyl halides is 3. The molecule has 3 aromatic rings. The third kappa shape index (κ3) is 4.40. The van der Waals surface area contributed by atoms with Gasteiger partial charge in [0.2, 0.25) is 0 Å². The standard InChI is InChI=1S/C17H14F3N5O2/c18-17(19,20)14-5-6-15(26)25(23-14)10-8-21-16(27)12-3-1-4-13(11-12)24-9-2-7-22-24/h1-7,9,11H,8,10H2,(H,21,27). The molecule has 1 amide bonds. The predicted octanol–water partition coefficient (Wildman–Crippen LogP) is 1.88. The van der Waals surface area contributed by atoms with Crippen LogP contribution in [0.15, 0.2) is 59.7 Å². The second-order valence-electron chi connectivity index (χ2n) is 5.53. The zero-order valence-corrected chi connectivity index (χ0v) is 13.8. The molecule has 140 valence electrons. The first-order valence-electron chi connectivity index (χ1n) is 7.88. The van der Waals surface area contributed by atoms with Crippen molar-refractivity contribution in [2.24, 2.45) is 0 Å². The van der Waals surface area contributed by atoms with Gasteiger partial charge in [0, 0.05) is 30.6 Å². The van der Waals surface area contributed by atoms with Crippen molar-refractivity contribution in [1.82, 2.24) is 24.9 Å². The van der Waals surface area contributed by atoms with Gasteiger partial charge in [-0.3, -0.25) is 9.59 Å². The lowest BCUT2D eigenvalue weighted by Crippen LogP contribution is -2.33. The molecule has 10 heteroatoms. The van der Waals surface area contributed by atoms with Gasteiger partial charge in [0.1, 0.15) is 0 Å². The highest BCUT2D eigenvalue weighted by Gasteiger charge is 2.33. The van der Waals surface area contributed by atoms with E-state index in [0.29, 0.717) is 22.0 Å². The third-order valence-corrected chi connectivity index (χ3v) is 3.64. The van der Waals surface area contributed by atoms with E-state index < -0.39 is 23.3 Å². The quantitative estimate of drug-likeness (QED) is 0.736. The zero-order valence-electron chi connectivity index (χ0n) is 13.8. The van der Waals surface area contributed by atoms with E-state index >= 15 is 0 Å². The van der Waals surface area contributed by atoms with Crippen molar-refractivity contribution in [2.75, 3.05) is 6.54 Å². The van der Waals surface area contributed by atoms with E-state index in [-0.39, 0.29) is 13.1 Å². The molecule has 0 bridgehead atoms. The number of aromatic nitrogens is 4. The predicted molar refractivity (Wildman–Crippen MR) is 89.4 cm³/mol. The van der Waals surface area contributed by atoms with Crippen LogP contribution in [0.3, 0.4) is 0 Å². The molecule has 1 aromatic carbocycles. The summed E-state index contributed by atoms with van der Waals surface area (Å²) >= 11 is 0. The van der Waals surface area contributed by atoms with Gasteiger partial charge in [-0.1, -0.05) is 6.07 Å². The minimum Gasteiger partial charge on any atom is -0.350 e. The lowest BCUT2D eigenvalue weighted by atomic mass is 10.2. The van der Waals surface area contributed by atoms with Gasteiger partial charge in [0.15, 0.2) is 5.69 Å². The lowest BCUT2D eigenvalue weighted by molar-refractivity contribution is -0.142. The molecule has 0 radical (unpaired) electrons. The second-order valence-corrected chi connectivity index (χ2v) is 5.53. The highest BCUT2D eigenvalue weighted by Crippen LogP contribution is 2.26. The number of nitrogens with zero attached hydrogens (tertiary/aromatic N) is 4. The summed E-state index contributed by atoms with van der Waals surface area (Å²) in [6.07, 6.45) is -1.32. The van der Waals surface area contributed by atoms with E-state index in [4.69, 9.17) is 0 Å². The molecule has 0 spiro atoms. The number of halogens is 3. The number of carbonyl (C=O) groups excluding carboxylic acids is 1. The molecular formula is C17H14F3N5O2. The molecule has 2 aromatic heterocycles. The third-order valence-electron chi connectivity index (χ3n) is 3.64. The maximum Gasteiger partial charge on any atom is 0.435 e. The summed E-state index contributed by atoms with van der Waals surface area (Å²) in [7, 11) is 0. The summed E-state index contributed by atoms with van der Waals surface area (Å²) in [6, 6.07) is 9.84. The molecule has 0 aliphatic rings. The van der Waals surface area contributed by atoms with Gasteiger partial charge in [-0.15, -0.1) is 0 Å². The smallest absolute Gasteiger partial charge is 0.350 e. The summed E-state index contributed by atoms with van der Waals surface area (Å²) in [5.41, 5.74) is -0.811. The first-order valence-corrected chi connectivity index (χ1v) is 7.88. The van der Waals surface area contributed by atoms with Gasteiger partial charge in [-0.05, 0) is 30.3 Å². The topological polar surface area (TPSA) is 81.8 Å². The minimum atomic E-state index is -4.65. The summed E-state index contributed by atoms with van der Waals surface area (Å²) in [5.74, 6) is -0.427. The largest absolute Gasteiger partial charge is 0.435 e. The van der Waals surface area contributed by atoms with Crippen molar-refractivity contribution in [2.45, 2.75) is 12.7 Å². The molecule has 0 atom stereocenters. The average molecular weight is 377 g/mol. The van der Waals surface area contributed by atoms with Gasteiger partial charge in [0.05, 0.1) is 12.2 Å². The van der Waals surface area contributed by atoms with Crippen LogP contribution in [0.2, 0.25) is 0 Å². The van der Waals surface area contributed by atoms with Gasteiger partial charge < -0.3 is 5.32 Å². The molecule has 7 nitrogen and oxygen atoms in total. The number of rotatable bonds is 5. The molecule has 0 unspecified atom stereocenters. The molecule has 0 aliphatic heterocycles. The van der Waals surface area contributed by atoms with Crippen LogP contribution in [0.25, 0.3) is 5.69 Å². The number of benzene rings is 1. The Hall–Kier alpha value is -3.43. The van der Waals surface area contributed by atoms with E-state index in [1.54, 1.807) is 47.4 Å². The van der Waals surface area contributed by atoms with E-state index in [0.717, 1.165) is 6.07 Å². The summed E-state index contributed by atoms with van der Waals surface area (Å²) < 4.78 is 40.3. The van der Waals surface area contributed by atoms with Crippen LogP contribution in [0.4, 0.5) is 13.2 Å².